The fourth-order valence-electron chi connectivity index (χ4n) is 1.45. The normalized spacial score (nSPS) is 11.5. The van der Waals surface area contributed by atoms with Crippen LogP contribution in [0.1, 0.15) is 12.8 Å². The Labute approximate surface area is 124 Å². The highest BCUT2D eigenvalue weighted by Crippen LogP contribution is 2.19. The first kappa shape index (κ1) is 16.7. The standard InChI is InChI=1S/C12H13ClFN3O4/c13-6-1-2-7(14)9(5-6)17-12(21)16-8(11(19)20)3-4-10(15)18/h1-2,5,8H,3-4H2,(H2,15,18)(H,19,20)(H2,16,17,21)/t8-/m1/s1. The van der Waals surface area contributed by atoms with Crippen LogP contribution < -0.4 is 16.4 Å². The van der Waals surface area contributed by atoms with Crippen LogP contribution >= 0.6 is 11.6 Å². The third kappa shape index (κ3) is 5.65. The van der Waals surface area contributed by atoms with Gasteiger partial charge in [-0.15, -0.1) is 0 Å². The number of rotatable bonds is 6. The molecule has 0 aliphatic carbocycles. The van der Waals surface area contributed by atoms with E-state index < -0.39 is 29.8 Å². The molecule has 0 aliphatic rings. The predicted octanol–water partition coefficient (Wildman–Crippen LogP) is 1.32. The summed E-state index contributed by atoms with van der Waals surface area (Å²) in [6.07, 6.45) is -0.376. The third-order valence-electron chi connectivity index (χ3n) is 2.46. The summed E-state index contributed by atoms with van der Waals surface area (Å²) in [5.74, 6) is -2.75. The number of anilines is 1. The summed E-state index contributed by atoms with van der Waals surface area (Å²) in [6, 6.07) is 1.27. The van der Waals surface area contributed by atoms with Crippen LogP contribution in [0.2, 0.25) is 5.02 Å². The van der Waals surface area contributed by atoms with Gasteiger partial charge < -0.3 is 21.5 Å². The van der Waals surface area contributed by atoms with Crippen molar-refractivity contribution in [2.24, 2.45) is 5.73 Å². The summed E-state index contributed by atoms with van der Waals surface area (Å²) in [5, 5.41) is 13.3. The average Bonchev–Trinajstić information content (AvgIpc) is 2.38. The number of carboxylic acids is 1. The minimum Gasteiger partial charge on any atom is -0.480 e. The molecule has 0 aromatic heterocycles. The first-order valence-corrected chi connectivity index (χ1v) is 6.21. The quantitative estimate of drug-likeness (QED) is 0.632. The highest BCUT2D eigenvalue weighted by atomic mass is 35.5. The Morgan fingerprint density at radius 3 is 2.62 bits per heavy atom. The summed E-state index contributed by atoms with van der Waals surface area (Å²) in [5.41, 5.74) is 4.71. The van der Waals surface area contributed by atoms with Gasteiger partial charge in [0.25, 0.3) is 0 Å². The summed E-state index contributed by atoms with van der Waals surface area (Å²) in [4.78, 5) is 33.2. The second-order valence-electron chi connectivity index (χ2n) is 4.12. The van der Waals surface area contributed by atoms with Gasteiger partial charge in [-0.3, -0.25) is 4.79 Å². The third-order valence-corrected chi connectivity index (χ3v) is 2.69. The van der Waals surface area contributed by atoms with E-state index in [9.17, 15) is 18.8 Å². The number of hydrogen-bond acceptors (Lipinski definition) is 3. The molecular formula is C12H13ClFN3O4. The molecule has 21 heavy (non-hydrogen) atoms. The van der Waals surface area contributed by atoms with E-state index in [1.807, 2.05) is 0 Å². The Hall–Kier alpha value is -2.35. The Balaban J connectivity index is 2.67. The van der Waals surface area contributed by atoms with Gasteiger partial charge in [0.05, 0.1) is 5.69 Å². The predicted molar refractivity (Wildman–Crippen MR) is 73.4 cm³/mol. The number of carbonyl (C=O) groups excluding carboxylic acids is 2. The van der Waals surface area contributed by atoms with Crippen LogP contribution in [-0.4, -0.2) is 29.1 Å². The number of urea groups is 1. The van der Waals surface area contributed by atoms with Gasteiger partial charge in [-0.2, -0.15) is 0 Å². The van der Waals surface area contributed by atoms with Crippen LogP contribution in [0, 0.1) is 5.82 Å². The fourth-order valence-corrected chi connectivity index (χ4v) is 1.63. The molecule has 0 radical (unpaired) electrons. The first-order chi connectivity index (χ1) is 9.79. The molecule has 7 nitrogen and oxygen atoms in total. The van der Waals surface area contributed by atoms with Crippen molar-refractivity contribution in [2.45, 2.75) is 18.9 Å². The Bertz CT molecular complexity index is 567. The van der Waals surface area contributed by atoms with Gasteiger partial charge in [0, 0.05) is 11.4 Å². The molecule has 1 aromatic carbocycles. The maximum Gasteiger partial charge on any atom is 0.326 e. The molecule has 0 aliphatic heterocycles. The number of nitrogens with one attached hydrogen (secondary N) is 2. The SMILES string of the molecule is NC(=O)CC[C@@H](NC(=O)Nc1cc(Cl)ccc1F)C(=O)O. The lowest BCUT2D eigenvalue weighted by Crippen LogP contribution is -2.43. The summed E-state index contributed by atoms with van der Waals surface area (Å²) in [6.45, 7) is 0. The number of carboxylic acid groups (broad SMARTS) is 1. The molecule has 0 fully saturated rings. The maximum atomic E-state index is 13.4. The van der Waals surface area contributed by atoms with E-state index in [0.717, 1.165) is 6.07 Å². The number of primary amides is 1. The number of nitrogens with two attached hydrogens (primary N) is 1. The van der Waals surface area contributed by atoms with Crippen molar-refractivity contribution in [1.29, 1.82) is 0 Å². The van der Waals surface area contributed by atoms with E-state index in [0.29, 0.717) is 0 Å². The van der Waals surface area contributed by atoms with E-state index in [4.69, 9.17) is 22.4 Å². The maximum absolute atomic E-state index is 13.4. The van der Waals surface area contributed by atoms with E-state index in [1.165, 1.54) is 12.1 Å². The van der Waals surface area contributed by atoms with Crippen molar-refractivity contribution in [3.63, 3.8) is 0 Å². The lowest BCUT2D eigenvalue weighted by Gasteiger charge is -2.14. The largest absolute Gasteiger partial charge is 0.480 e. The molecule has 5 N–H and O–H groups in total. The van der Waals surface area contributed by atoms with Gasteiger partial charge in [0.15, 0.2) is 0 Å². The zero-order valence-corrected chi connectivity index (χ0v) is 11.5. The highest BCUT2D eigenvalue weighted by Gasteiger charge is 2.21. The monoisotopic (exact) mass is 317 g/mol. The fraction of sp³-hybridized carbons (Fsp3) is 0.250. The van der Waals surface area contributed by atoms with Gasteiger partial charge in [0.2, 0.25) is 5.91 Å². The van der Waals surface area contributed by atoms with E-state index in [-0.39, 0.29) is 23.6 Å². The molecule has 0 saturated heterocycles. The molecular weight excluding hydrogens is 305 g/mol. The van der Waals surface area contributed by atoms with Crippen LogP contribution in [0.15, 0.2) is 18.2 Å². The molecule has 1 rings (SSSR count). The van der Waals surface area contributed by atoms with Gasteiger partial charge in [-0.1, -0.05) is 11.6 Å². The van der Waals surface area contributed by atoms with Crippen LogP contribution in [0.25, 0.3) is 0 Å². The zero-order chi connectivity index (χ0) is 16.0. The highest BCUT2D eigenvalue weighted by molar-refractivity contribution is 6.30. The topological polar surface area (TPSA) is 122 Å². The molecule has 0 bridgehead atoms. The van der Waals surface area contributed by atoms with Gasteiger partial charge >= 0.3 is 12.0 Å². The molecule has 0 heterocycles. The minimum absolute atomic E-state index is 0.171. The Kier molecular flexibility index (Phi) is 5.92. The molecule has 9 heteroatoms. The summed E-state index contributed by atoms with van der Waals surface area (Å²) >= 11 is 5.66. The Morgan fingerprint density at radius 2 is 2.05 bits per heavy atom. The number of amides is 3. The molecule has 0 spiro atoms. The summed E-state index contributed by atoms with van der Waals surface area (Å²) < 4.78 is 13.4. The molecule has 0 saturated carbocycles. The second kappa shape index (κ2) is 7.44. The number of halogens is 2. The van der Waals surface area contributed by atoms with Crippen LogP contribution in [0.4, 0.5) is 14.9 Å². The van der Waals surface area contributed by atoms with Crippen molar-refractivity contribution < 1.29 is 23.9 Å². The molecule has 1 aromatic rings. The van der Waals surface area contributed by atoms with E-state index in [2.05, 4.69) is 10.6 Å². The lowest BCUT2D eigenvalue weighted by atomic mass is 10.1. The van der Waals surface area contributed by atoms with Gasteiger partial charge in [0.1, 0.15) is 11.9 Å². The van der Waals surface area contributed by atoms with Crippen LogP contribution in [-0.2, 0) is 9.59 Å². The average molecular weight is 318 g/mol. The Morgan fingerprint density at radius 1 is 1.38 bits per heavy atom. The molecule has 3 amide bonds. The second-order valence-corrected chi connectivity index (χ2v) is 4.55. The van der Waals surface area contributed by atoms with Gasteiger partial charge in [-0.25, -0.2) is 14.0 Å². The van der Waals surface area contributed by atoms with E-state index >= 15 is 0 Å². The zero-order valence-electron chi connectivity index (χ0n) is 10.7. The minimum atomic E-state index is -1.34. The van der Waals surface area contributed by atoms with Crippen molar-refractivity contribution >= 4 is 35.2 Å². The number of benzene rings is 1. The molecule has 0 unspecified atom stereocenters. The first-order valence-electron chi connectivity index (χ1n) is 5.83. The van der Waals surface area contributed by atoms with Crippen LogP contribution in [0.5, 0.6) is 0 Å². The lowest BCUT2D eigenvalue weighted by molar-refractivity contribution is -0.139. The van der Waals surface area contributed by atoms with E-state index in [1.54, 1.807) is 0 Å². The summed E-state index contributed by atoms with van der Waals surface area (Å²) in [7, 11) is 0. The number of aliphatic carboxylic acids is 1. The number of hydrogen-bond donors (Lipinski definition) is 4. The smallest absolute Gasteiger partial charge is 0.326 e. The van der Waals surface area contributed by atoms with Crippen molar-refractivity contribution in [3.05, 3.63) is 29.0 Å². The molecule has 1 atom stereocenters. The van der Waals surface area contributed by atoms with Crippen LogP contribution in [0.3, 0.4) is 0 Å². The van der Waals surface area contributed by atoms with Gasteiger partial charge in [-0.05, 0) is 24.6 Å². The van der Waals surface area contributed by atoms with Crippen molar-refractivity contribution in [2.75, 3.05) is 5.32 Å². The molecule has 114 valence electrons. The number of carbonyl (C=O) groups is 3. The van der Waals surface area contributed by atoms with Crippen molar-refractivity contribution in [1.82, 2.24) is 5.32 Å². The van der Waals surface area contributed by atoms with Crippen molar-refractivity contribution in [3.8, 4) is 0 Å².